The molecule has 0 aliphatic carbocycles. The Hall–Kier alpha value is -1.62. The van der Waals surface area contributed by atoms with Gasteiger partial charge in [0.05, 0.1) is 6.20 Å². The predicted octanol–water partition coefficient (Wildman–Crippen LogP) is 1.75. The average molecular weight is 239 g/mol. The second-order valence-electron chi connectivity index (χ2n) is 3.33. The number of hydrogen-bond acceptors (Lipinski definition) is 4. The first-order chi connectivity index (χ1) is 7.66. The van der Waals surface area contributed by atoms with Gasteiger partial charge in [-0.15, -0.1) is 10.2 Å². The Morgan fingerprint density at radius 3 is 2.75 bits per heavy atom. The van der Waals surface area contributed by atoms with Crippen LogP contribution in [-0.2, 0) is 13.7 Å². The second kappa shape index (κ2) is 4.49. The first-order valence-corrected chi connectivity index (χ1v) is 5.14. The van der Waals surface area contributed by atoms with Gasteiger partial charge >= 0.3 is 0 Å². The zero-order chi connectivity index (χ0) is 11.5. The summed E-state index contributed by atoms with van der Waals surface area (Å²) in [6.45, 7) is 2.25. The van der Waals surface area contributed by atoms with Crippen LogP contribution in [0.2, 0.25) is 5.15 Å². The lowest BCUT2D eigenvalue weighted by Gasteiger charge is -2.05. The Morgan fingerprint density at radius 1 is 1.38 bits per heavy atom. The quantitative estimate of drug-likeness (QED) is 0.765. The molecule has 6 heteroatoms. The molecule has 84 valence electrons. The molecule has 0 saturated heterocycles. The van der Waals surface area contributed by atoms with Crippen molar-refractivity contribution in [3.63, 3.8) is 0 Å². The van der Waals surface area contributed by atoms with E-state index >= 15 is 0 Å². The maximum Gasteiger partial charge on any atom is 0.170 e. The minimum absolute atomic E-state index is 0.362. The van der Waals surface area contributed by atoms with Gasteiger partial charge < -0.3 is 9.30 Å². The van der Waals surface area contributed by atoms with Crippen LogP contribution in [0.3, 0.4) is 0 Å². The van der Waals surface area contributed by atoms with Crippen LogP contribution in [0.4, 0.5) is 0 Å². The van der Waals surface area contributed by atoms with Crippen LogP contribution >= 0.6 is 11.6 Å². The number of nitrogens with zero attached hydrogens (tertiary/aromatic N) is 4. The summed E-state index contributed by atoms with van der Waals surface area (Å²) in [6.07, 6.45) is 1.57. The normalized spacial score (nSPS) is 10.4. The van der Waals surface area contributed by atoms with E-state index in [9.17, 15) is 0 Å². The Balaban J connectivity index is 2.02. The van der Waals surface area contributed by atoms with E-state index in [0.717, 1.165) is 11.6 Å². The highest BCUT2D eigenvalue weighted by Gasteiger charge is 2.05. The summed E-state index contributed by atoms with van der Waals surface area (Å²) in [5.41, 5.74) is 0. The van der Waals surface area contributed by atoms with Gasteiger partial charge in [0.25, 0.3) is 0 Å². The summed E-state index contributed by atoms with van der Waals surface area (Å²) in [7, 11) is 1.90. The Bertz CT molecular complexity index is 480. The van der Waals surface area contributed by atoms with E-state index in [1.165, 1.54) is 0 Å². The van der Waals surface area contributed by atoms with Gasteiger partial charge in [-0.3, -0.25) is 0 Å². The van der Waals surface area contributed by atoms with Crippen LogP contribution in [-0.4, -0.2) is 19.7 Å². The first-order valence-electron chi connectivity index (χ1n) is 4.76. The van der Waals surface area contributed by atoms with Gasteiger partial charge in [0.2, 0.25) is 0 Å². The van der Waals surface area contributed by atoms with Gasteiger partial charge in [0.1, 0.15) is 23.3 Å². The number of aromatic nitrogens is 4. The molecule has 0 aliphatic rings. The van der Waals surface area contributed by atoms with Gasteiger partial charge in [-0.05, 0) is 19.1 Å². The monoisotopic (exact) mass is 238 g/mol. The van der Waals surface area contributed by atoms with Crippen molar-refractivity contribution < 1.29 is 4.74 Å². The lowest BCUT2D eigenvalue weighted by Crippen LogP contribution is -2.04. The highest BCUT2D eigenvalue weighted by molar-refractivity contribution is 6.29. The third-order valence-corrected chi connectivity index (χ3v) is 2.47. The third kappa shape index (κ3) is 2.30. The maximum atomic E-state index is 5.66. The molecule has 5 nitrogen and oxygen atoms in total. The van der Waals surface area contributed by atoms with E-state index in [1.54, 1.807) is 18.3 Å². The molecule has 0 fully saturated rings. The molecule has 0 N–H and O–H groups in total. The molecule has 2 aromatic heterocycles. The number of hydrogen-bond donors (Lipinski definition) is 0. The lowest BCUT2D eigenvalue weighted by atomic mass is 10.4. The molecule has 0 unspecified atom stereocenters. The average Bonchev–Trinajstić information content (AvgIpc) is 2.60. The Morgan fingerprint density at radius 2 is 2.19 bits per heavy atom. The summed E-state index contributed by atoms with van der Waals surface area (Å²) in [5.74, 6) is 2.28. The fourth-order valence-corrected chi connectivity index (χ4v) is 1.28. The molecule has 2 rings (SSSR count). The van der Waals surface area contributed by atoms with Gasteiger partial charge in [0, 0.05) is 7.05 Å². The van der Waals surface area contributed by atoms with Crippen molar-refractivity contribution in [3.8, 4) is 5.75 Å². The molecule has 0 amide bonds. The minimum Gasteiger partial charge on any atom is -0.484 e. The van der Waals surface area contributed by atoms with Gasteiger partial charge in [0.15, 0.2) is 5.82 Å². The SMILES string of the molecule is Cc1nnc(COc2ccc(Cl)nc2)n1C. The second-order valence-corrected chi connectivity index (χ2v) is 3.72. The van der Waals surface area contributed by atoms with Gasteiger partial charge in [-0.1, -0.05) is 11.6 Å². The summed E-state index contributed by atoms with van der Waals surface area (Å²) in [6, 6.07) is 3.44. The van der Waals surface area contributed by atoms with Crippen LogP contribution in [0, 0.1) is 6.92 Å². The highest BCUT2D eigenvalue weighted by Crippen LogP contribution is 2.13. The van der Waals surface area contributed by atoms with Crippen molar-refractivity contribution in [2.24, 2.45) is 7.05 Å². The minimum atomic E-state index is 0.362. The molecule has 2 heterocycles. The molecule has 0 saturated carbocycles. The molecular weight excluding hydrogens is 228 g/mol. The van der Waals surface area contributed by atoms with E-state index in [0.29, 0.717) is 17.5 Å². The Labute approximate surface area is 98.0 Å². The highest BCUT2D eigenvalue weighted by atomic mass is 35.5. The van der Waals surface area contributed by atoms with Crippen molar-refractivity contribution in [2.75, 3.05) is 0 Å². The Kier molecular flexibility index (Phi) is 3.05. The summed E-state index contributed by atoms with van der Waals surface area (Å²) in [4.78, 5) is 3.92. The van der Waals surface area contributed by atoms with Crippen LogP contribution in [0.1, 0.15) is 11.6 Å². The third-order valence-electron chi connectivity index (χ3n) is 2.25. The zero-order valence-corrected chi connectivity index (χ0v) is 9.77. The van der Waals surface area contributed by atoms with Crippen molar-refractivity contribution in [3.05, 3.63) is 35.1 Å². The van der Waals surface area contributed by atoms with E-state index < -0.39 is 0 Å². The molecule has 0 spiro atoms. The first kappa shape index (κ1) is 10.9. The van der Waals surface area contributed by atoms with Gasteiger partial charge in [-0.25, -0.2) is 4.98 Å². The van der Waals surface area contributed by atoms with E-state index in [-0.39, 0.29) is 0 Å². The molecule has 0 atom stereocenters. The fourth-order valence-electron chi connectivity index (χ4n) is 1.17. The molecule has 0 bridgehead atoms. The van der Waals surface area contributed by atoms with Gasteiger partial charge in [-0.2, -0.15) is 0 Å². The lowest BCUT2D eigenvalue weighted by molar-refractivity contribution is 0.290. The van der Waals surface area contributed by atoms with Crippen molar-refractivity contribution in [1.29, 1.82) is 0 Å². The molecule has 16 heavy (non-hydrogen) atoms. The number of rotatable bonds is 3. The standard InChI is InChI=1S/C10H11ClN4O/c1-7-13-14-10(15(7)2)6-16-8-3-4-9(11)12-5-8/h3-5H,6H2,1-2H3. The summed E-state index contributed by atoms with van der Waals surface area (Å²) < 4.78 is 7.38. The number of aryl methyl sites for hydroxylation is 1. The van der Waals surface area contributed by atoms with Crippen LogP contribution in [0.25, 0.3) is 0 Å². The molecule has 0 aliphatic heterocycles. The maximum absolute atomic E-state index is 5.66. The van der Waals surface area contributed by atoms with Crippen LogP contribution < -0.4 is 4.74 Å². The molecule has 0 radical (unpaired) electrons. The van der Waals surface area contributed by atoms with Crippen molar-refractivity contribution >= 4 is 11.6 Å². The van der Waals surface area contributed by atoms with E-state index in [1.807, 2.05) is 18.5 Å². The van der Waals surface area contributed by atoms with Crippen LogP contribution in [0.15, 0.2) is 18.3 Å². The number of pyridine rings is 1. The smallest absolute Gasteiger partial charge is 0.170 e. The van der Waals surface area contributed by atoms with E-state index in [2.05, 4.69) is 15.2 Å². The van der Waals surface area contributed by atoms with Crippen molar-refractivity contribution in [2.45, 2.75) is 13.5 Å². The van der Waals surface area contributed by atoms with Crippen LogP contribution in [0.5, 0.6) is 5.75 Å². The van der Waals surface area contributed by atoms with Crippen molar-refractivity contribution in [1.82, 2.24) is 19.7 Å². The molecule has 0 aromatic carbocycles. The predicted molar refractivity (Wildman–Crippen MR) is 59.3 cm³/mol. The zero-order valence-electron chi connectivity index (χ0n) is 9.01. The summed E-state index contributed by atoms with van der Waals surface area (Å²) >= 11 is 5.66. The molecular formula is C10H11ClN4O. The summed E-state index contributed by atoms with van der Waals surface area (Å²) in [5, 5.41) is 8.37. The molecule has 2 aromatic rings. The largest absolute Gasteiger partial charge is 0.484 e. The topological polar surface area (TPSA) is 52.8 Å². The fraction of sp³-hybridized carbons (Fsp3) is 0.300. The number of ether oxygens (including phenoxy) is 1. The number of halogens is 1. The van der Waals surface area contributed by atoms with E-state index in [4.69, 9.17) is 16.3 Å².